The Morgan fingerprint density at radius 2 is 2.00 bits per heavy atom. The molecule has 2 amide bonds. The van der Waals surface area contributed by atoms with Crippen LogP contribution < -0.4 is 15.5 Å². The topological polar surface area (TPSA) is 108 Å². The van der Waals surface area contributed by atoms with Crippen molar-refractivity contribution in [2.75, 3.05) is 23.3 Å². The molecule has 2 aliphatic heterocycles. The van der Waals surface area contributed by atoms with Gasteiger partial charge in [0.15, 0.2) is 0 Å². The van der Waals surface area contributed by atoms with Crippen molar-refractivity contribution in [2.24, 2.45) is 0 Å². The summed E-state index contributed by atoms with van der Waals surface area (Å²) >= 11 is 0. The number of benzene rings is 1. The Morgan fingerprint density at radius 3 is 2.58 bits per heavy atom. The van der Waals surface area contributed by atoms with Gasteiger partial charge in [0.1, 0.15) is 17.5 Å². The summed E-state index contributed by atoms with van der Waals surface area (Å²) in [6, 6.07) is 4.05. The number of anilines is 2. The molecule has 0 radical (unpaired) electrons. The molecule has 8 nitrogen and oxygen atoms in total. The van der Waals surface area contributed by atoms with Crippen molar-refractivity contribution in [1.29, 1.82) is 0 Å². The highest BCUT2D eigenvalue weighted by molar-refractivity contribution is 6.01. The van der Waals surface area contributed by atoms with Gasteiger partial charge in [-0.15, -0.1) is 0 Å². The van der Waals surface area contributed by atoms with Gasteiger partial charge in [0, 0.05) is 25.2 Å². The number of rotatable bonds is 5. The van der Waals surface area contributed by atoms with Gasteiger partial charge in [-0.05, 0) is 58.2 Å². The van der Waals surface area contributed by atoms with Crippen LogP contribution in [0.5, 0.6) is 0 Å². The van der Waals surface area contributed by atoms with E-state index < -0.39 is 34.9 Å². The molecule has 0 spiro atoms. The van der Waals surface area contributed by atoms with Crippen molar-refractivity contribution < 1.29 is 28.6 Å². The Kier molecular flexibility index (Phi) is 6.54. The van der Waals surface area contributed by atoms with E-state index in [9.17, 15) is 23.9 Å². The number of nitrogens with one attached hydrogen (secondary N) is 2. The molecule has 170 valence electrons. The highest BCUT2D eigenvalue weighted by Gasteiger charge is 2.36. The first-order valence-corrected chi connectivity index (χ1v) is 10.5. The average molecular weight is 435 g/mol. The Balaban J connectivity index is 1.57. The largest absolute Gasteiger partial charge is 0.460 e. The van der Waals surface area contributed by atoms with Crippen LogP contribution in [0.15, 0.2) is 18.2 Å². The number of carbonyl (C=O) groups is 3. The monoisotopic (exact) mass is 435 g/mol. The maximum Gasteiger partial charge on any atom is 0.309 e. The van der Waals surface area contributed by atoms with Crippen LogP contribution in [0.25, 0.3) is 0 Å². The highest BCUT2D eigenvalue weighted by atomic mass is 19.1. The predicted octanol–water partition coefficient (Wildman–Crippen LogP) is 2.11. The quantitative estimate of drug-likeness (QED) is 0.480. The summed E-state index contributed by atoms with van der Waals surface area (Å²) in [5.41, 5.74) is -0.925. The SMILES string of the molecule is CC(C)(C)OC(=O)CC1(O)CCN(c2ccc(N[C@H]3CCC(=O)NC3=O)cc2F)CC1. The predicted molar refractivity (Wildman–Crippen MR) is 113 cm³/mol. The van der Waals surface area contributed by atoms with Crippen LogP contribution in [0.2, 0.25) is 0 Å². The molecule has 31 heavy (non-hydrogen) atoms. The molecule has 2 fully saturated rings. The fourth-order valence-electron chi connectivity index (χ4n) is 3.87. The van der Waals surface area contributed by atoms with E-state index in [0.29, 0.717) is 43.7 Å². The van der Waals surface area contributed by atoms with Gasteiger partial charge in [0.2, 0.25) is 11.8 Å². The minimum Gasteiger partial charge on any atom is -0.460 e. The summed E-state index contributed by atoms with van der Waals surface area (Å²) < 4.78 is 20.1. The Bertz CT molecular complexity index is 859. The first kappa shape index (κ1) is 23.0. The molecule has 0 unspecified atom stereocenters. The first-order valence-electron chi connectivity index (χ1n) is 10.5. The number of esters is 1. The molecule has 0 aliphatic carbocycles. The third-order valence-electron chi connectivity index (χ3n) is 5.46. The standard InChI is InChI=1S/C22H30FN3O5/c1-21(2,3)31-19(28)13-22(30)8-10-26(11-9-22)17-6-4-14(12-15(17)23)24-16-5-7-18(27)25-20(16)29/h4,6,12,16,24,30H,5,7-11,13H2,1-3H3,(H,25,27,29)/t16-/m0/s1. The number of nitrogens with zero attached hydrogens (tertiary/aromatic N) is 1. The zero-order valence-electron chi connectivity index (χ0n) is 18.2. The summed E-state index contributed by atoms with van der Waals surface area (Å²) in [5.74, 6) is -1.62. The van der Waals surface area contributed by atoms with E-state index in [-0.39, 0.29) is 18.7 Å². The third kappa shape index (κ3) is 6.16. The van der Waals surface area contributed by atoms with Crippen LogP contribution in [0.3, 0.4) is 0 Å². The fraction of sp³-hybridized carbons (Fsp3) is 0.591. The Hall–Kier alpha value is -2.68. The third-order valence-corrected chi connectivity index (χ3v) is 5.46. The molecule has 3 rings (SSSR count). The molecule has 0 aromatic heterocycles. The van der Waals surface area contributed by atoms with Crippen molar-refractivity contribution in [1.82, 2.24) is 5.32 Å². The minimum absolute atomic E-state index is 0.0879. The van der Waals surface area contributed by atoms with Crippen LogP contribution in [-0.4, -0.2) is 53.2 Å². The van der Waals surface area contributed by atoms with Crippen molar-refractivity contribution in [3.05, 3.63) is 24.0 Å². The lowest BCUT2D eigenvalue weighted by Gasteiger charge is -2.39. The number of halogens is 1. The smallest absolute Gasteiger partial charge is 0.309 e. The van der Waals surface area contributed by atoms with Gasteiger partial charge in [-0.1, -0.05) is 0 Å². The second kappa shape index (κ2) is 8.82. The number of imide groups is 1. The summed E-state index contributed by atoms with van der Waals surface area (Å²) in [6.07, 6.45) is 1.15. The van der Waals surface area contributed by atoms with Gasteiger partial charge in [-0.25, -0.2) is 4.39 Å². The number of hydrogen-bond acceptors (Lipinski definition) is 7. The van der Waals surface area contributed by atoms with E-state index in [4.69, 9.17) is 4.74 Å². The molecule has 1 atom stereocenters. The normalized spacial score (nSPS) is 21.5. The Morgan fingerprint density at radius 1 is 1.32 bits per heavy atom. The highest BCUT2D eigenvalue weighted by Crippen LogP contribution is 2.32. The second-order valence-corrected chi connectivity index (χ2v) is 9.29. The summed E-state index contributed by atoms with van der Waals surface area (Å²) in [4.78, 5) is 37.0. The first-order chi connectivity index (χ1) is 14.4. The summed E-state index contributed by atoms with van der Waals surface area (Å²) in [5, 5.41) is 16.0. The molecule has 9 heteroatoms. The van der Waals surface area contributed by atoms with E-state index in [1.165, 1.54) is 6.07 Å². The van der Waals surface area contributed by atoms with Gasteiger partial charge in [-0.2, -0.15) is 0 Å². The van der Waals surface area contributed by atoms with Crippen molar-refractivity contribution >= 4 is 29.2 Å². The van der Waals surface area contributed by atoms with Crippen LogP contribution in [0.1, 0.15) is 52.9 Å². The summed E-state index contributed by atoms with van der Waals surface area (Å²) in [7, 11) is 0. The van der Waals surface area contributed by atoms with Crippen LogP contribution >= 0.6 is 0 Å². The van der Waals surface area contributed by atoms with Gasteiger partial charge >= 0.3 is 5.97 Å². The van der Waals surface area contributed by atoms with E-state index in [2.05, 4.69) is 10.6 Å². The van der Waals surface area contributed by atoms with Gasteiger partial charge in [-0.3, -0.25) is 19.7 Å². The van der Waals surface area contributed by atoms with Crippen LogP contribution in [0, 0.1) is 5.82 Å². The molecular weight excluding hydrogens is 405 g/mol. The van der Waals surface area contributed by atoms with E-state index in [1.807, 2.05) is 4.90 Å². The molecule has 1 aromatic carbocycles. The van der Waals surface area contributed by atoms with E-state index in [0.717, 1.165) is 0 Å². The maximum atomic E-state index is 14.8. The number of amides is 2. The van der Waals surface area contributed by atoms with E-state index >= 15 is 0 Å². The fourth-order valence-corrected chi connectivity index (χ4v) is 3.87. The molecule has 2 heterocycles. The zero-order valence-corrected chi connectivity index (χ0v) is 18.2. The number of aliphatic hydroxyl groups is 1. The Labute approximate surface area is 181 Å². The molecule has 3 N–H and O–H groups in total. The van der Waals surface area contributed by atoms with Crippen LogP contribution in [-0.2, 0) is 19.1 Å². The molecule has 0 saturated carbocycles. The van der Waals surface area contributed by atoms with Crippen molar-refractivity contribution in [3.63, 3.8) is 0 Å². The maximum absolute atomic E-state index is 14.8. The molecule has 0 bridgehead atoms. The van der Waals surface area contributed by atoms with E-state index in [1.54, 1.807) is 32.9 Å². The lowest BCUT2D eigenvalue weighted by atomic mass is 9.88. The summed E-state index contributed by atoms with van der Waals surface area (Å²) in [6.45, 7) is 6.13. The van der Waals surface area contributed by atoms with Gasteiger partial charge in [0.05, 0.1) is 17.7 Å². The number of ether oxygens (including phenoxy) is 1. The van der Waals surface area contributed by atoms with Crippen molar-refractivity contribution in [3.8, 4) is 0 Å². The lowest BCUT2D eigenvalue weighted by Crippen LogP contribution is -2.47. The second-order valence-electron chi connectivity index (χ2n) is 9.29. The number of hydrogen-bond donors (Lipinski definition) is 3. The molecule has 2 aliphatic rings. The van der Waals surface area contributed by atoms with Gasteiger partial charge in [0.25, 0.3) is 0 Å². The average Bonchev–Trinajstić information content (AvgIpc) is 2.63. The van der Waals surface area contributed by atoms with Crippen molar-refractivity contribution in [2.45, 2.75) is 70.1 Å². The molecular formula is C22H30FN3O5. The van der Waals surface area contributed by atoms with Crippen LogP contribution in [0.4, 0.5) is 15.8 Å². The number of piperidine rings is 2. The lowest BCUT2D eigenvalue weighted by molar-refractivity contribution is -0.161. The number of carbonyl (C=O) groups excluding carboxylic acids is 3. The molecule has 2 saturated heterocycles. The minimum atomic E-state index is -1.16. The van der Waals surface area contributed by atoms with Gasteiger partial charge < -0.3 is 20.1 Å². The molecule has 1 aromatic rings. The zero-order chi connectivity index (χ0) is 22.8.